The Morgan fingerprint density at radius 3 is 2.35 bits per heavy atom. The lowest BCUT2D eigenvalue weighted by Crippen LogP contribution is -2.05. The Morgan fingerprint density at radius 1 is 1.20 bits per heavy atom. The third-order valence-corrected chi connectivity index (χ3v) is 4.65. The summed E-state index contributed by atoms with van der Waals surface area (Å²) in [5.41, 5.74) is 3.40. The fourth-order valence-electron chi connectivity index (χ4n) is 2.04. The molecular weight excluding hydrogens is 343 g/mol. The molecule has 20 heavy (non-hydrogen) atoms. The van der Waals surface area contributed by atoms with Crippen LogP contribution < -0.4 is 0 Å². The largest absolute Gasteiger partial charge is 0.294 e. The second-order valence-corrected chi connectivity index (χ2v) is 5.97. The molecule has 4 heteroatoms. The molecule has 0 aliphatic rings. The van der Waals surface area contributed by atoms with Gasteiger partial charge in [0, 0.05) is 16.5 Å². The molecule has 0 N–H and O–H groups in total. The van der Waals surface area contributed by atoms with Gasteiger partial charge in [-0.3, -0.25) is 4.79 Å². The van der Waals surface area contributed by atoms with Crippen molar-refractivity contribution in [2.24, 2.45) is 0 Å². The fraction of sp³-hybridized carbons (Fsp3) is 0.188. The van der Waals surface area contributed by atoms with Crippen LogP contribution in [0.15, 0.2) is 34.8 Å². The number of rotatable bonds is 3. The van der Waals surface area contributed by atoms with Crippen LogP contribution in [0, 0.1) is 19.7 Å². The molecule has 0 saturated heterocycles. The maximum Gasteiger partial charge on any atom is 0.167 e. The van der Waals surface area contributed by atoms with E-state index in [0.29, 0.717) is 11.1 Å². The van der Waals surface area contributed by atoms with Crippen LogP contribution in [0.25, 0.3) is 0 Å². The number of carbonyl (C=O) groups is 1. The summed E-state index contributed by atoms with van der Waals surface area (Å²) in [6.07, 6.45) is 0.209. The van der Waals surface area contributed by atoms with Gasteiger partial charge >= 0.3 is 0 Å². The molecule has 0 atom stereocenters. The molecular formula is C16H13BrClFO. The average molecular weight is 356 g/mol. The standard InChI is InChI=1S/C16H13BrClFO/c1-9-5-12(6-10(2)16(9)17)15(20)8-11-3-4-14(19)13(18)7-11/h3-7H,8H2,1-2H3. The first-order chi connectivity index (χ1) is 9.38. The van der Waals surface area contributed by atoms with E-state index < -0.39 is 5.82 Å². The summed E-state index contributed by atoms with van der Waals surface area (Å²) < 4.78 is 14.1. The third-order valence-electron chi connectivity index (χ3n) is 3.11. The molecule has 0 aliphatic carbocycles. The van der Waals surface area contributed by atoms with Crippen molar-refractivity contribution in [1.29, 1.82) is 0 Å². The molecule has 1 nitrogen and oxygen atoms in total. The minimum absolute atomic E-state index is 0.00799. The van der Waals surface area contributed by atoms with Crippen LogP contribution in [0.3, 0.4) is 0 Å². The number of aryl methyl sites for hydroxylation is 2. The first kappa shape index (κ1) is 15.2. The van der Waals surface area contributed by atoms with Crippen LogP contribution in [0.4, 0.5) is 4.39 Å². The van der Waals surface area contributed by atoms with E-state index in [4.69, 9.17) is 11.6 Å². The Labute approximate surface area is 130 Å². The minimum atomic E-state index is -0.474. The zero-order valence-electron chi connectivity index (χ0n) is 11.1. The summed E-state index contributed by atoms with van der Waals surface area (Å²) in [5, 5.41) is 0.0402. The highest BCUT2D eigenvalue weighted by Crippen LogP contribution is 2.24. The molecule has 0 radical (unpaired) electrons. The van der Waals surface area contributed by atoms with Gasteiger partial charge < -0.3 is 0 Å². The van der Waals surface area contributed by atoms with Gasteiger partial charge in [0.05, 0.1) is 5.02 Å². The number of carbonyl (C=O) groups excluding carboxylic acids is 1. The molecule has 2 rings (SSSR count). The normalized spacial score (nSPS) is 10.7. The van der Waals surface area contributed by atoms with Crippen molar-refractivity contribution in [2.45, 2.75) is 20.3 Å². The van der Waals surface area contributed by atoms with Crippen LogP contribution in [0.2, 0.25) is 5.02 Å². The molecule has 0 aromatic heterocycles. The highest BCUT2D eigenvalue weighted by molar-refractivity contribution is 9.10. The molecule has 104 valence electrons. The van der Waals surface area contributed by atoms with Crippen LogP contribution >= 0.6 is 27.5 Å². The van der Waals surface area contributed by atoms with Crippen molar-refractivity contribution < 1.29 is 9.18 Å². The third kappa shape index (κ3) is 3.28. The Hall–Kier alpha value is -1.19. The molecule has 0 aliphatic heterocycles. The molecule has 0 fully saturated rings. The van der Waals surface area contributed by atoms with Crippen molar-refractivity contribution in [3.8, 4) is 0 Å². The number of hydrogen-bond donors (Lipinski definition) is 0. The van der Waals surface area contributed by atoms with Crippen molar-refractivity contribution in [3.05, 3.63) is 67.9 Å². The van der Waals surface area contributed by atoms with E-state index in [1.165, 1.54) is 12.1 Å². The topological polar surface area (TPSA) is 17.1 Å². The molecule has 0 amide bonds. The molecule has 0 heterocycles. The van der Waals surface area contributed by atoms with E-state index in [9.17, 15) is 9.18 Å². The molecule has 2 aromatic carbocycles. The summed E-state index contributed by atoms with van der Waals surface area (Å²) in [6, 6.07) is 8.06. The predicted molar refractivity (Wildman–Crippen MR) is 83.1 cm³/mol. The van der Waals surface area contributed by atoms with Crippen LogP contribution in [0.1, 0.15) is 27.0 Å². The van der Waals surface area contributed by atoms with E-state index >= 15 is 0 Å². The van der Waals surface area contributed by atoms with Gasteiger partial charge in [-0.25, -0.2) is 4.39 Å². The summed E-state index contributed by atoms with van der Waals surface area (Å²) in [5.74, 6) is -0.482. The summed E-state index contributed by atoms with van der Waals surface area (Å²) >= 11 is 9.20. The van der Waals surface area contributed by atoms with E-state index in [1.54, 1.807) is 6.07 Å². The van der Waals surface area contributed by atoms with E-state index in [-0.39, 0.29) is 17.2 Å². The van der Waals surface area contributed by atoms with Crippen molar-refractivity contribution >= 4 is 33.3 Å². The van der Waals surface area contributed by atoms with Crippen molar-refractivity contribution in [3.63, 3.8) is 0 Å². The minimum Gasteiger partial charge on any atom is -0.294 e. The molecule has 0 bridgehead atoms. The number of benzene rings is 2. The first-order valence-electron chi connectivity index (χ1n) is 6.12. The Bertz CT molecular complexity index is 659. The SMILES string of the molecule is Cc1cc(C(=O)Cc2ccc(F)c(Cl)c2)cc(C)c1Br. The summed E-state index contributed by atoms with van der Waals surface area (Å²) in [4.78, 5) is 12.3. The molecule has 0 spiro atoms. The summed E-state index contributed by atoms with van der Waals surface area (Å²) in [7, 11) is 0. The highest BCUT2D eigenvalue weighted by Gasteiger charge is 2.11. The fourth-order valence-corrected chi connectivity index (χ4v) is 2.48. The van der Waals surface area contributed by atoms with Gasteiger partial charge in [0.2, 0.25) is 0 Å². The lowest BCUT2D eigenvalue weighted by atomic mass is 9.99. The van der Waals surface area contributed by atoms with Crippen LogP contribution in [-0.4, -0.2) is 5.78 Å². The van der Waals surface area contributed by atoms with Gasteiger partial charge in [-0.2, -0.15) is 0 Å². The van der Waals surface area contributed by atoms with E-state index in [0.717, 1.165) is 15.6 Å². The second-order valence-electron chi connectivity index (χ2n) is 4.77. The molecule has 2 aromatic rings. The number of Topliss-reactive ketones (excluding diaryl/α,β-unsaturated/α-hetero) is 1. The second kappa shape index (κ2) is 6.06. The maximum atomic E-state index is 13.1. The van der Waals surface area contributed by atoms with Gasteiger partial charge in [-0.15, -0.1) is 0 Å². The first-order valence-corrected chi connectivity index (χ1v) is 7.29. The van der Waals surface area contributed by atoms with Crippen molar-refractivity contribution in [1.82, 2.24) is 0 Å². The van der Waals surface area contributed by atoms with Crippen LogP contribution in [0.5, 0.6) is 0 Å². The summed E-state index contributed by atoms with van der Waals surface area (Å²) in [6.45, 7) is 3.89. The highest BCUT2D eigenvalue weighted by atomic mass is 79.9. The maximum absolute atomic E-state index is 13.1. The van der Waals surface area contributed by atoms with Crippen LogP contribution in [-0.2, 0) is 6.42 Å². The van der Waals surface area contributed by atoms with Gasteiger partial charge in [-0.05, 0) is 54.8 Å². The quantitative estimate of drug-likeness (QED) is 0.684. The van der Waals surface area contributed by atoms with Gasteiger partial charge in [0.1, 0.15) is 5.82 Å². The van der Waals surface area contributed by atoms with E-state index in [2.05, 4.69) is 15.9 Å². The Kier molecular flexibility index (Phi) is 4.61. The van der Waals surface area contributed by atoms with Gasteiger partial charge in [-0.1, -0.05) is 33.6 Å². The lowest BCUT2D eigenvalue weighted by molar-refractivity contribution is 0.0993. The zero-order valence-corrected chi connectivity index (χ0v) is 13.5. The van der Waals surface area contributed by atoms with Crippen molar-refractivity contribution in [2.75, 3.05) is 0 Å². The Morgan fingerprint density at radius 2 is 1.80 bits per heavy atom. The van der Waals surface area contributed by atoms with Gasteiger partial charge in [0.15, 0.2) is 5.78 Å². The number of hydrogen-bond acceptors (Lipinski definition) is 1. The zero-order chi connectivity index (χ0) is 14.9. The predicted octanol–water partition coefficient (Wildman–Crippen LogP) is 5.28. The number of ketones is 1. The van der Waals surface area contributed by atoms with E-state index in [1.807, 2.05) is 26.0 Å². The Balaban J connectivity index is 2.26. The smallest absolute Gasteiger partial charge is 0.167 e. The number of halogens is 3. The van der Waals surface area contributed by atoms with Gasteiger partial charge in [0.25, 0.3) is 0 Å². The molecule has 0 saturated carbocycles. The monoisotopic (exact) mass is 354 g/mol. The molecule has 0 unspecified atom stereocenters. The average Bonchev–Trinajstić information content (AvgIpc) is 2.39. The lowest BCUT2D eigenvalue weighted by Gasteiger charge is -2.08.